The van der Waals surface area contributed by atoms with Crippen molar-refractivity contribution in [3.8, 4) is 0 Å². The summed E-state index contributed by atoms with van der Waals surface area (Å²) in [5.74, 6) is 1.19. The molecule has 1 saturated heterocycles. The highest BCUT2D eigenvalue weighted by molar-refractivity contribution is 9.11. The fourth-order valence-electron chi connectivity index (χ4n) is 3.18. The maximum absolute atomic E-state index is 11.2. The van der Waals surface area contributed by atoms with E-state index in [1.54, 1.807) is 18.3 Å². The quantitative estimate of drug-likeness (QED) is 0.895. The van der Waals surface area contributed by atoms with Crippen LogP contribution in [-0.4, -0.2) is 35.2 Å². The van der Waals surface area contributed by atoms with Crippen molar-refractivity contribution in [2.24, 2.45) is 11.8 Å². The summed E-state index contributed by atoms with van der Waals surface area (Å²) in [6.07, 6.45) is 2.40. The van der Waals surface area contributed by atoms with E-state index in [9.17, 15) is 4.79 Å². The second kappa shape index (κ2) is 4.77. The van der Waals surface area contributed by atoms with Gasteiger partial charge in [0, 0.05) is 26.1 Å². The summed E-state index contributed by atoms with van der Waals surface area (Å²) in [7, 11) is 0. The number of amides is 1. The Balaban J connectivity index is 1.73. The van der Waals surface area contributed by atoms with E-state index in [1.807, 2.05) is 0 Å². The van der Waals surface area contributed by atoms with E-state index in [4.69, 9.17) is 0 Å². The average molecular weight is 331 g/mol. The van der Waals surface area contributed by atoms with Gasteiger partial charge in [0.05, 0.1) is 0 Å². The van der Waals surface area contributed by atoms with Crippen LogP contribution >= 0.6 is 27.3 Å². The van der Waals surface area contributed by atoms with Gasteiger partial charge < -0.3 is 10.2 Å². The van der Waals surface area contributed by atoms with E-state index < -0.39 is 0 Å². The summed E-state index contributed by atoms with van der Waals surface area (Å²) in [4.78, 5) is 13.5. The summed E-state index contributed by atoms with van der Waals surface area (Å²) in [5, 5.41) is 12.3. The predicted molar refractivity (Wildman–Crippen MR) is 73.6 cm³/mol. The Bertz CT molecular complexity index is 452. The standard InChI is InChI=1S/C11H15BrN4OS/c1-6(17)13-9-7-2-3-8(9)5-16(4-7)11-15-14-10(12)18-11/h7-9H,2-5H2,1H3,(H,13,17)/t7-,8?,9+/m0/s1. The van der Waals surface area contributed by atoms with Crippen LogP contribution in [0, 0.1) is 11.8 Å². The van der Waals surface area contributed by atoms with Crippen LogP contribution in [0.15, 0.2) is 3.92 Å². The molecule has 1 N–H and O–H groups in total. The molecule has 1 amide bonds. The van der Waals surface area contributed by atoms with Crippen molar-refractivity contribution >= 4 is 38.3 Å². The maximum Gasteiger partial charge on any atom is 0.217 e. The lowest BCUT2D eigenvalue weighted by atomic mass is 9.92. The predicted octanol–water partition coefficient (Wildman–Crippen LogP) is 1.65. The van der Waals surface area contributed by atoms with Crippen LogP contribution in [0.5, 0.6) is 0 Å². The Labute approximate surface area is 118 Å². The molecule has 5 nitrogen and oxygen atoms in total. The topological polar surface area (TPSA) is 58.1 Å². The first-order valence-corrected chi connectivity index (χ1v) is 7.75. The lowest BCUT2D eigenvalue weighted by Crippen LogP contribution is -2.52. The molecule has 1 aliphatic heterocycles. The number of anilines is 1. The molecule has 1 aromatic heterocycles. The number of carbonyl (C=O) groups is 1. The van der Waals surface area contributed by atoms with E-state index in [-0.39, 0.29) is 5.91 Å². The Morgan fingerprint density at radius 2 is 2.06 bits per heavy atom. The Hall–Kier alpha value is -0.690. The van der Waals surface area contributed by atoms with Gasteiger partial charge >= 0.3 is 0 Å². The molecular formula is C11H15BrN4OS. The number of aromatic nitrogens is 2. The largest absolute Gasteiger partial charge is 0.353 e. The summed E-state index contributed by atoms with van der Waals surface area (Å²) in [5.41, 5.74) is 0. The Morgan fingerprint density at radius 1 is 1.39 bits per heavy atom. The highest BCUT2D eigenvalue weighted by atomic mass is 79.9. The van der Waals surface area contributed by atoms with Gasteiger partial charge in [-0.1, -0.05) is 11.3 Å². The van der Waals surface area contributed by atoms with Gasteiger partial charge in [-0.3, -0.25) is 4.79 Å². The maximum atomic E-state index is 11.2. The minimum Gasteiger partial charge on any atom is -0.353 e. The molecule has 0 spiro atoms. The van der Waals surface area contributed by atoms with E-state index in [2.05, 4.69) is 36.3 Å². The van der Waals surface area contributed by atoms with Crippen LogP contribution in [-0.2, 0) is 4.79 Å². The molecule has 2 fully saturated rings. The van der Waals surface area contributed by atoms with E-state index in [0.29, 0.717) is 17.9 Å². The molecule has 98 valence electrons. The molecule has 0 aromatic carbocycles. The molecule has 18 heavy (non-hydrogen) atoms. The first-order chi connectivity index (χ1) is 8.63. The molecule has 7 heteroatoms. The minimum absolute atomic E-state index is 0.0870. The molecule has 2 heterocycles. The molecule has 1 unspecified atom stereocenters. The lowest BCUT2D eigenvalue weighted by molar-refractivity contribution is -0.120. The van der Waals surface area contributed by atoms with E-state index in [0.717, 1.165) is 22.1 Å². The fourth-order valence-corrected chi connectivity index (χ4v) is 4.28. The van der Waals surface area contributed by atoms with Crippen LogP contribution in [0.4, 0.5) is 5.13 Å². The number of halogens is 1. The van der Waals surface area contributed by atoms with Crippen molar-refractivity contribution in [3.05, 3.63) is 3.92 Å². The molecule has 2 bridgehead atoms. The van der Waals surface area contributed by atoms with Gasteiger partial charge in [0.2, 0.25) is 11.0 Å². The van der Waals surface area contributed by atoms with Gasteiger partial charge in [0.25, 0.3) is 0 Å². The van der Waals surface area contributed by atoms with Crippen molar-refractivity contribution in [1.29, 1.82) is 0 Å². The zero-order valence-corrected chi connectivity index (χ0v) is 12.5. The second-order valence-electron chi connectivity index (χ2n) is 5.07. The zero-order chi connectivity index (χ0) is 12.7. The number of piperidine rings is 1. The van der Waals surface area contributed by atoms with Gasteiger partial charge in [-0.25, -0.2) is 0 Å². The highest BCUT2D eigenvalue weighted by Gasteiger charge is 2.43. The van der Waals surface area contributed by atoms with Crippen molar-refractivity contribution in [3.63, 3.8) is 0 Å². The molecule has 0 radical (unpaired) electrons. The van der Waals surface area contributed by atoms with Crippen LogP contribution < -0.4 is 10.2 Å². The SMILES string of the molecule is CC(=O)N[C@H]1C2CC[C@H]1CN(c1nnc(Br)s1)C2. The Kier molecular flexibility index (Phi) is 3.27. The van der Waals surface area contributed by atoms with Gasteiger partial charge in [-0.2, -0.15) is 0 Å². The third-order valence-electron chi connectivity index (χ3n) is 3.86. The van der Waals surface area contributed by atoms with Gasteiger partial charge in [0.15, 0.2) is 3.92 Å². The number of fused-ring (bicyclic) bond motifs is 2. The minimum atomic E-state index is 0.0870. The smallest absolute Gasteiger partial charge is 0.217 e. The number of nitrogens with zero attached hydrogens (tertiary/aromatic N) is 3. The fraction of sp³-hybridized carbons (Fsp3) is 0.727. The number of rotatable bonds is 2. The van der Waals surface area contributed by atoms with Crippen molar-refractivity contribution in [1.82, 2.24) is 15.5 Å². The zero-order valence-electron chi connectivity index (χ0n) is 10.1. The molecule has 1 saturated carbocycles. The lowest BCUT2D eigenvalue weighted by Gasteiger charge is -2.37. The van der Waals surface area contributed by atoms with Crippen molar-refractivity contribution in [2.45, 2.75) is 25.8 Å². The van der Waals surface area contributed by atoms with Crippen LogP contribution in [0.25, 0.3) is 0 Å². The molecule has 1 aromatic rings. The third kappa shape index (κ3) is 2.25. The van der Waals surface area contributed by atoms with Crippen molar-refractivity contribution < 1.29 is 4.79 Å². The average Bonchev–Trinajstić information content (AvgIpc) is 2.81. The molecule has 3 atom stereocenters. The van der Waals surface area contributed by atoms with Gasteiger partial charge in [0.1, 0.15) is 0 Å². The monoisotopic (exact) mass is 330 g/mol. The van der Waals surface area contributed by atoms with E-state index in [1.165, 1.54) is 12.8 Å². The molecule has 3 rings (SSSR count). The number of nitrogens with one attached hydrogen (secondary N) is 1. The Morgan fingerprint density at radius 3 is 2.56 bits per heavy atom. The van der Waals surface area contributed by atoms with Crippen LogP contribution in [0.2, 0.25) is 0 Å². The summed E-state index contributed by atoms with van der Waals surface area (Å²) in [6.45, 7) is 3.56. The molecule has 1 aliphatic carbocycles. The third-order valence-corrected chi connectivity index (χ3v) is 5.28. The summed E-state index contributed by atoms with van der Waals surface area (Å²) in [6, 6.07) is 0.357. The number of carbonyl (C=O) groups excluding carboxylic acids is 1. The molecule has 2 aliphatic rings. The van der Waals surface area contributed by atoms with Crippen molar-refractivity contribution in [2.75, 3.05) is 18.0 Å². The highest BCUT2D eigenvalue weighted by Crippen LogP contribution is 2.39. The van der Waals surface area contributed by atoms with Crippen LogP contribution in [0.1, 0.15) is 19.8 Å². The van der Waals surface area contributed by atoms with Gasteiger partial charge in [-0.15, -0.1) is 10.2 Å². The number of hydrogen-bond acceptors (Lipinski definition) is 5. The van der Waals surface area contributed by atoms with E-state index >= 15 is 0 Å². The second-order valence-corrected chi connectivity index (χ2v) is 7.30. The summed E-state index contributed by atoms with van der Waals surface area (Å²) < 4.78 is 0.828. The van der Waals surface area contributed by atoms with Gasteiger partial charge in [-0.05, 0) is 40.6 Å². The summed E-state index contributed by atoms with van der Waals surface area (Å²) >= 11 is 4.92. The first-order valence-electron chi connectivity index (χ1n) is 6.14. The normalized spacial score (nSPS) is 30.6. The van der Waals surface area contributed by atoms with Crippen LogP contribution in [0.3, 0.4) is 0 Å². The number of hydrogen-bond donors (Lipinski definition) is 1. The molecular weight excluding hydrogens is 316 g/mol. The first kappa shape index (κ1) is 12.3.